The zero-order valence-electron chi connectivity index (χ0n) is 6.79. The highest BCUT2D eigenvalue weighted by molar-refractivity contribution is 7.99. The van der Waals surface area contributed by atoms with Gasteiger partial charge in [0.1, 0.15) is 0 Å². The van der Waals surface area contributed by atoms with Crippen molar-refractivity contribution in [1.29, 1.82) is 0 Å². The van der Waals surface area contributed by atoms with Crippen LogP contribution in [-0.2, 0) is 0 Å². The smallest absolute Gasteiger partial charge is 0.0506 e. The van der Waals surface area contributed by atoms with Crippen LogP contribution in [-0.4, -0.2) is 17.8 Å². The summed E-state index contributed by atoms with van der Waals surface area (Å²) in [5.74, 6) is 1.08. The Bertz CT molecular complexity index is 225. The predicted octanol–water partition coefficient (Wildman–Crippen LogP) is 2.24. The van der Waals surface area contributed by atoms with Crippen LogP contribution in [0.15, 0.2) is 23.4 Å². The fraction of sp³-hybridized carbons (Fsp3) is 0.375. The quantitative estimate of drug-likeness (QED) is 0.701. The van der Waals surface area contributed by atoms with Gasteiger partial charge < -0.3 is 5.32 Å². The Kier molecular flexibility index (Phi) is 3.23. The van der Waals surface area contributed by atoms with E-state index >= 15 is 0 Å². The Labute approximate surface area is 71.4 Å². The van der Waals surface area contributed by atoms with Crippen molar-refractivity contribution in [2.45, 2.75) is 11.8 Å². The molecule has 0 unspecified atom stereocenters. The summed E-state index contributed by atoms with van der Waals surface area (Å²) in [6, 6.07) is 1.98. The molecule has 0 fully saturated rings. The molecule has 0 saturated carbocycles. The molecule has 0 aromatic carbocycles. The van der Waals surface area contributed by atoms with E-state index in [4.69, 9.17) is 0 Å². The molecule has 1 rings (SSSR count). The van der Waals surface area contributed by atoms with E-state index in [9.17, 15) is 0 Å². The molecule has 1 heterocycles. The third-order valence-electron chi connectivity index (χ3n) is 1.35. The molecule has 2 nitrogen and oxygen atoms in total. The first-order valence-electron chi connectivity index (χ1n) is 3.63. The molecular weight excluding hydrogens is 156 g/mol. The van der Waals surface area contributed by atoms with Crippen LogP contribution in [0.1, 0.15) is 6.92 Å². The van der Waals surface area contributed by atoms with E-state index < -0.39 is 0 Å². The van der Waals surface area contributed by atoms with E-state index in [0.717, 1.165) is 11.4 Å². The summed E-state index contributed by atoms with van der Waals surface area (Å²) in [5.41, 5.74) is 1.16. The molecule has 0 bridgehead atoms. The molecule has 0 aliphatic carbocycles. The fourth-order valence-electron chi connectivity index (χ4n) is 0.857. The van der Waals surface area contributed by atoms with Crippen molar-refractivity contribution in [2.75, 3.05) is 18.1 Å². The van der Waals surface area contributed by atoms with Crippen molar-refractivity contribution < 1.29 is 0 Å². The third-order valence-corrected chi connectivity index (χ3v) is 2.28. The van der Waals surface area contributed by atoms with E-state index in [-0.39, 0.29) is 0 Å². The Balaban J connectivity index is 2.83. The molecule has 1 N–H and O–H groups in total. The molecule has 3 heteroatoms. The molecule has 0 saturated heterocycles. The van der Waals surface area contributed by atoms with Crippen LogP contribution >= 0.6 is 11.8 Å². The zero-order chi connectivity index (χ0) is 8.10. The molecule has 11 heavy (non-hydrogen) atoms. The minimum atomic E-state index is 1.08. The number of hydrogen-bond acceptors (Lipinski definition) is 3. The topological polar surface area (TPSA) is 24.9 Å². The molecule has 0 aliphatic rings. The summed E-state index contributed by atoms with van der Waals surface area (Å²) >= 11 is 1.80. The number of nitrogens with zero attached hydrogens (tertiary/aromatic N) is 1. The second-order valence-corrected chi connectivity index (χ2v) is 3.36. The van der Waals surface area contributed by atoms with E-state index in [1.165, 1.54) is 4.90 Å². The van der Waals surface area contributed by atoms with Gasteiger partial charge in [-0.25, -0.2) is 0 Å². The lowest BCUT2D eigenvalue weighted by molar-refractivity contribution is 1.22. The lowest BCUT2D eigenvalue weighted by Crippen LogP contribution is -1.90. The molecule has 60 valence electrons. The summed E-state index contributed by atoms with van der Waals surface area (Å²) in [4.78, 5) is 5.27. The van der Waals surface area contributed by atoms with Crippen molar-refractivity contribution in [3.05, 3.63) is 18.5 Å². The van der Waals surface area contributed by atoms with Gasteiger partial charge in [-0.2, -0.15) is 0 Å². The molecule has 1 aromatic rings. The Morgan fingerprint density at radius 2 is 2.45 bits per heavy atom. The number of hydrogen-bond donors (Lipinski definition) is 1. The lowest BCUT2D eigenvalue weighted by Gasteiger charge is -2.04. The van der Waals surface area contributed by atoms with Crippen molar-refractivity contribution in [2.24, 2.45) is 0 Å². The summed E-state index contributed by atoms with van der Waals surface area (Å²) in [6.45, 7) is 2.14. The van der Waals surface area contributed by atoms with Crippen LogP contribution in [0.25, 0.3) is 0 Å². The monoisotopic (exact) mass is 168 g/mol. The van der Waals surface area contributed by atoms with Crippen molar-refractivity contribution >= 4 is 17.4 Å². The van der Waals surface area contributed by atoms with Crippen LogP contribution in [0.4, 0.5) is 5.69 Å². The molecular formula is C8H12N2S. The van der Waals surface area contributed by atoms with Crippen molar-refractivity contribution in [1.82, 2.24) is 4.98 Å². The highest BCUT2D eigenvalue weighted by Gasteiger charge is 1.97. The summed E-state index contributed by atoms with van der Waals surface area (Å²) < 4.78 is 0. The number of rotatable bonds is 3. The van der Waals surface area contributed by atoms with Gasteiger partial charge in [0.15, 0.2) is 0 Å². The van der Waals surface area contributed by atoms with Crippen molar-refractivity contribution in [3.63, 3.8) is 0 Å². The molecule has 0 amide bonds. The minimum Gasteiger partial charge on any atom is -0.387 e. The fourth-order valence-corrected chi connectivity index (χ4v) is 1.63. The average molecular weight is 168 g/mol. The van der Waals surface area contributed by atoms with Gasteiger partial charge in [0.05, 0.1) is 5.69 Å². The summed E-state index contributed by atoms with van der Waals surface area (Å²) in [7, 11) is 1.93. The first-order valence-corrected chi connectivity index (χ1v) is 4.61. The van der Waals surface area contributed by atoms with Gasteiger partial charge in [-0.3, -0.25) is 4.98 Å². The van der Waals surface area contributed by atoms with Gasteiger partial charge in [-0.15, -0.1) is 11.8 Å². The van der Waals surface area contributed by atoms with Crippen LogP contribution in [0.5, 0.6) is 0 Å². The van der Waals surface area contributed by atoms with Crippen LogP contribution < -0.4 is 5.32 Å². The molecule has 0 aliphatic heterocycles. The maximum absolute atomic E-state index is 4.05. The number of thioether (sulfide) groups is 1. The van der Waals surface area contributed by atoms with Crippen molar-refractivity contribution in [3.8, 4) is 0 Å². The number of aromatic nitrogens is 1. The molecule has 0 spiro atoms. The number of anilines is 1. The first-order chi connectivity index (χ1) is 5.38. The second kappa shape index (κ2) is 4.23. The van der Waals surface area contributed by atoms with Crippen LogP contribution in [0.2, 0.25) is 0 Å². The van der Waals surface area contributed by atoms with E-state index in [1.807, 2.05) is 19.3 Å². The lowest BCUT2D eigenvalue weighted by atomic mass is 10.4. The molecule has 0 atom stereocenters. The zero-order valence-corrected chi connectivity index (χ0v) is 7.61. The molecule has 0 radical (unpaired) electrons. The highest BCUT2D eigenvalue weighted by Crippen LogP contribution is 2.24. The van der Waals surface area contributed by atoms with E-state index in [1.54, 1.807) is 18.0 Å². The van der Waals surface area contributed by atoms with Crippen LogP contribution in [0, 0.1) is 0 Å². The SMILES string of the molecule is CCSc1cnccc1NC. The van der Waals surface area contributed by atoms with E-state index in [0.29, 0.717) is 0 Å². The van der Waals surface area contributed by atoms with Gasteiger partial charge in [0.2, 0.25) is 0 Å². The predicted molar refractivity (Wildman–Crippen MR) is 50.2 cm³/mol. The first kappa shape index (κ1) is 8.40. The summed E-state index contributed by atoms with van der Waals surface area (Å²) in [6.07, 6.45) is 3.69. The maximum Gasteiger partial charge on any atom is 0.0506 e. The Morgan fingerprint density at radius 1 is 1.64 bits per heavy atom. The highest BCUT2D eigenvalue weighted by atomic mass is 32.2. The maximum atomic E-state index is 4.05. The minimum absolute atomic E-state index is 1.08. The Hall–Kier alpha value is -0.700. The van der Waals surface area contributed by atoms with Gasteiger partial charge in [-0.1, -0.05) is 6.92 Å². The van der Waals surface area contributed by atoms with Gasteiger partial charge in [0.25, 0.3) is 0 Å². The molecule has 1 aromatic heterocycles. The van der Waals surface area contributed by atoms with Gasteiger partial charge >= 0.3 is 0 Å². The second-order valence-electron chi connectivity index (χ2n) is 2.05. The third kappa shape index (κ3) is 2.12. The van der Waals surface area contributed by atoms with Gasteiger partial charge in [-0.05, 0) is 11.8 Å². The van der Waals surface area contributed by atoms with Crippen LogP contribution in [0.3, 0.4) is 0 Å². The standard InChI is InChI=1S/C8H12N2S/c1-3-11-8-6-10-5-4-7(8)9-2/h4-6H,3H2,1-2H3,(H,9,10). The summed E-state index contributed by atoms with van der Waals surface area (Å²) in [5, 5.41) is 3.12. The number of pyridine rings is 1. The van der Waals surface area contributed by atoms with E-state index in [2.05, 4.69) is 17.2 Å². The average Bonchev–Trinajstić information content (AvgIpc) is 2.06. The Morgan fingerprint density at radius 3 is 3.09 bits per heavy atom. The number of nitrogens with one attached hydrogen (secondary N) is 1. The van der Waals surface area contributed by atoms with Gasteiger partial charge in [0, 0.05) is 24.3 Å². The largest absolute Gasteiger partial charge is 0.387 e. The normalized spacial score (nSPS) is 9.64.